The predicted octanol–water partition coefficient (Wildman–Crippen LogP) is 3.76. The second-order valence-electron chi connectivity index (χ2n) is 4.97. The summed E-state index contributed by atoms with van der Waals surface area (Å²) in [6, 6.07) is 5.88. The molecule has 0 amide bonds. The lowest BCUT2D eigenvalue weighted by molar-refractivity contribution is 0.436. The fraction of sp³-hybridized carbons (Fsp3) is 0.462. The van der Waals surface area contributed by atoms with Gasteiger partial charge in [0.25, 0.3) is 0 Å². The Morgan fingerprint density at radius 1 is 1.35 bits per heavy atom. The molecule has 0 saturated heterocycles. The summed E-state index contributed by atoms with van der Waals surface area (Å²) >= 11 is 7.71. The molecule has 0 spiro atoms. The summed E-state index contributed by atoms with van der Waals surface area (Å²) in [6.07, 6.45) is 5.68. The second kappa shape index (κ2) is 4.23. The van der Waals surface area contributed by atoms with Crippen molar-refractivity contribution in [1.29, 1.82) is 0 Å². The quantitative estimate of drug-likeness (QED) is 0.899. The maximum Gasteiger partial charge on any atom is 0.0956 e. The van der Waals surface area contributed by atoms with E-state index in [0.29, 0.717) is 0 Å². The molecule has 3 rings (SSSR count). The molecule has 1 saturated carbocycles. The molecular formula is C13H15ClN2S. The summed E-state index contributed by atoms with van der Waals surface area (Å²) in [5.74, 6) is 0. The minimum atomic E-state index is -0.0162. The Kier molecular flexibility index (Phi) is 2.85. The molecule has 2 nitrogen and oxygen atoms in total. The topological polar surface area (TPSA) is 38.9 Å². The molecular weight excluding hydrogens is 252 g/mol. The fourth-order valence-electron chi connectivity index (χ4n) is 2.58. The van der Waals surface area contributed by atoms with E-state index in [1.807, 2.05) is 18.2 Å². The van der Waals surface area contributed by atoms with Gasteiger partial charge in [-0.05, 0) is 31.0 Å². The maximum atomic E-state index is 6.38. The number of rotatable bonds is 2. The van der Waals surface area contributed by atoms with E-state index in [2.05, 4.69) is 4.98 Å². The van der Waals surface area contributed by atoms with Crippen LogP contribution in [0.4, 0.5) is 0 Å². The van der Waals surface area contributed by atoms with E-state index in [9.17, 15) is 0 Å². The monoisotopic (exact) mass is 266 g/mol. The van der Waals surface area contributed by atoms with E-state index in [-0.39, 0.29) is 5.54 Å². The average Bonchev–Trinajstić information content (AvgIpc) is 2.84. The molecule has 0 aliphatic heterocycles. The highest BCUT2D eigenvalue weighted by Gasteiger charge is 2.30. The zero-order valence-electron chi connectivity index (χ0n) is 9.58. The third-order valence-electron chi connectivity index (χ3n) is 3.50. The van der Waals surface area contributed by atoms with Gasteiger partial charge in [-0.3, -0.25) is 0 Å². The smallest absolute Gasteiger partial charge is 0.0956 e. The number of fused-ring (bicyclic) bond motifs is 1. The molecule has 90 valence electrons. The Balaban J connectivity index is 1.90. The molecule has 2 N–H and O–H groups in total. The molecule has 1 fully saturated rings. The molecule has 0 unspecified atom stereocenters. The summed E-state index contributed by atoms with van der Waals surface area (Å²) in [6.45, 7) is 0. The largest absolute Gasteiger partial charge is 0.325 e. The molecule has 1 aliphatic carbocycles. The fourth-order valence-corrected chi connectivity index (χ4v) is 3.85. The molecule has 2 aromatic rings. The first-order valence-corrected chi connectivity index (χ1v) is 7.18. The number of aromatic nitrogens is 1. The number of halogens is 1. The summed E-state index contributed by atoms with van der Waals surface area (Å²) in [5, 5.41) is 1.89. The van der Waals surface area contributed by atoms with Crippen molar-refractivity contribution in [3.8, 4) is 0 Å². The first-order valence-electron chi connectivity index (χ1n) is 5.99. The summed E-state index contributed by atoms with van der Waals surface area (Å²) in [5.41, 5.74) is 7.37. The molecule has 1 aromatic carbocycles. The highest BCUT2D eigenvalue weighted by atomic mass is 35.5. The van der Waals surface area contributed by atoms with E-state index in [4.69, 9.17) is 17.3 Å². The van der Waals surface area contributed by atoms with E-state index in [0.717, 1.165) is 34.8 Å². The van der Waals surface area contributed by atoms with Crippen LogP contribution in [0.15, 0.2) is 18.2 Å². The van der Waals surface area contributed by atoms with Crippen LogP contribution >= 0.6 is 22.9 Å². The molecule has 0 atom stereocenters. The van der Waals surface area contributed by atoms with Gasteiger partial charge in [0.15, 0.2) is 0 Å². The zero-order chi connectivity index (χ0) is 11.9. The van der Waals surface area contributed by atoms with Crippen LogP contribution in [0.2, 0.25) is 5.02 Å². The van der Waals surface area contributed by atoms with Gasteiger partial charge in [-0.1, -0.05) is 24.4 Å². The van der Waals surface area contributed by atoms with Gasteiger partial charge in [0.05, 0.1) is 15.2 Å². The van der Waals surface area contributed by atoms with Crippen molar-refractivity contribution < 1.29 is 0 Å². The molecule has 1 aliphatic rings. The average molecular weight is 267 g/mol. The highest BCUT2D eigenvalue weighted by molar-refractivity contribution is 7.18. The lowest BCUT2D eigenvalue weighted by Crippen LogP contribution is -2.38. The Morgan fingerprint density at radius 2 is 2.12 bits per heavy atom. The third kappa shape index (κ3) is 2.32. The Bertz CT molecular complexity index is 543. The minimum absolute atomic E-state index is 0.0162. The number of hydrogen-bond acceptors (Lipinski definition) is 3. The van der Waals surface area contributed by atoms with Gasteiger partial charge in [0.1, 0.15) is 0 Å². The molecule has 0 bridgehead atoms. The van der Waals surface area contributed by atoms with Crippen molar-refractivity contribution in [3.63, 3.8) is 0 Å². The second-order valence-corrected chi connectivity index (χ2v) is 6.52. The Hall–Kier alpha value is -0.640. The van der Waals surface area contributed by atoms with Gasteiger partial charge in [-0.15, -0.1) is 11.3 Å². The predicted molar refractivity (Wildman–Crippen MR) is 73.7 cm³/mol. The van der Waals surface area contributed by atoms with Crippen molar-refractivity contribution >= 4 is 33.2 Å². The van der Waals surface area contributed by atoms with Crippen molar-refractivity contribution in [2.45, 2.75) is 37.6 Å². The van der Waals surface area contributed by atoms with Gasteiger partial charge in [-0.2, -0.15) is 0 Å². The van der Waals surface area contributed by atoms with Crippen LogP contribution in [0.25, 0.3) is 10.2 Å². The Morgan fingerprint density at radius 3 is 2.88 bits per heavy atom. The third-order valence-corrected chi connectivity index (χ3v) is 4.77. The molecule has 0 radical (unpaired) electrons. The molecule has 1 aromatic heterocycles. The standard InChI is InChI=1S/C13H15ClN2S/c14-9-3-4-11-10(7-9)16-12(17-11)8-13(15)5-1-2-6-13/h3-4,7H,1-2,5-6,8,15H2. The number of nitrogens with two attached hydrogens (primary N) is 1. The van der Waals surface area contributed by atoms with E-state index in [1.165, 1.54) is 17.5 Å². The van der Waals surface area contributed by atoms with E-state index < -0.39 is 0 Å². The lowest BCUT2D eigenvalue weighted by Gasteiger charge is -2.21. The van der Waals surface area contributed by atoms with Crippen LogP contribution in [-0.2, 0) is 6.42 Å². The van der Waals surface area contributed by atoms with Gasteiger partial charge in [-0.25, -0.2) is 4.98 Å². The summed E-state index contributed by atoms with van der Waals surface area (Å²) in [4.78, 5) is 4.64. The summed E-state index contributed by atoms with van der Waals surface area (Å²) in [7, 11) is 0. The van der Waals surface area contributed by atoms with Crippen LogP contribution < -0.4 is 5.73 Å². The number of nitrogens with zero attached hydrogens (tertiary/aromatic N) is 1. The number of benzene rings is 1. The van der Waals surface area contributed by atoms with Crippen LogP contribution in [0.5, 0.6) is 0 Å². The zero-order valence-corrected chi connectivity index (χ0v) is 11.2. The van der Waals surface area contributed by atoms with Gasteiger partial charge >= 0.3 is 0 Å². The SMILES string of the molecule is NC1(Cc2nc3cc(Cl)ccc3s2)CCCC1. The van der Waals surface area contributed by atoms with Crippen LogP contribution in [0.1, 0.15) is 30.7 Å². The van der Waals surface area contributed by atoms with Crippen molar-refractivity contribution in [2.24, 2.45) is 5.73 Å². The van der Waals surface area contributed by atoms with Gasteiger partial charge in [0, 0.05) is 17.0 Å². The maximum absolute atomic E-state index is 6.38. The van der Waals surface area contributed by atoms with Crippen LogP contribution in [0.3, 0.4) is 0 Å². The molecule has 4 heteroatoms. The normalized spacial score (nSPS) is 18.9. The van der Waals surface area contributed by atoms with Crippen LogP contribution in [0, 0.1) is 0 Å². The number of thiazole rings is 1. The first kappa shape index (κ1) is 11.5. The minimum Gasteiger partial charge on any atom is -0.325 e. The summed E-state index contributed by atoms with van der Waals surface area (Å²) < 4.78 is 1.20. The van der Waals surface area contributed by atoms with Gasteiger partial charge < -0.3 is 5.73 Å². The molecule has 17 heavy (non-hydrogen) atoms. The van der Waals surface area contributed by atoms with Crippen molar-refractivity contribution in [1.82, 2.24) is 4.98 Å². The van der Waals surface area contributed by atoms with Gasteiger partial charge in [0.2, 0.25) is 0 Å². The van der Waals surface area contributed by atoms with Crippen molar-refractivity contribution in [2.75, 3.05) is 0 Å². The highest BCUT2D eigenvalue weighted by Crippen LogP contribution is 2.33. The van der Waals surface area contributed by atoms with Crippen molar-refractivity contribution in [3.05, 3.63) is 28.2 Å². The lowest BCUT2D eigenvalue weighted by atomic mass is 9.95. The van der Waals surface area contributed by atoms with Crippen LogP contribution in [-0.4, -0.2) is 10.5 Å². The van der Waals surface area contributed by atoms with E-state index in [1.54, 1.807) is 11.3 Å². The molecule has 1 heterocycles. The number of hydrogen-bond donors (Lipinski definition) is 1. The van der Waals surface area contributed by atoms with E-state index >= 15 is 0 Å². The Labute approximate surface area is 110 Å². The first-order chi connectivity index (χ1) is 8.15.